The monoisotopic (exact) mass is 494 g/mol. The van der Waals surface area contributed by atoms with Gasteiger partial charge in [-0.3, -0.25) is 4.79 Å². The third-order valence-electron chi connectivity index (χ3n) is 3.91. The molecule has 26 heavy (non-hydrogen) atoms. The second kappa shape index (κ2) is 8.46. The molecule has 3 aromatic carbocycles. The molecule has 132 valence electrons. The largest absolute Gasteiger partial charge is 0.507 e. The first kappa shape index (κ1) is 19.3. The molecular weight excluding hydrogens is 479 g/mol. The standard InChI is InChI=1S/C21H16ClIO2S/c1-2-26-21-18(20(25)14-6-4-3-5-7-14)16(12-17(24)19(21)23)13-8-10-15(22)11-9-13/h3-12,24H,2H2,1H3. The Morgan fingerprint density at radius 3 is 2.38 bits per heavy atom. The van der Waals surface area contributed by atoms with E-state index in [0.29, 0.717) is 25.3 Å². The van der Waals surface area contributed by atoms with Crippen molar-refractivity contribution in [2.75, 3.05) is 5.75 Å². The zero-order valence-corrected chi connectivity index (χ0v) is 17.7. The molecule has 0 aliphatic carbocycles. The SMILES string of the molecule is CCSc1c(I)c(O)cc(-c2ccc(Cl)cc2)c1C(=O)c1ccccc1. The lowest BCUT2D eigenvalue weighted by molar-refractivity contribution is 0.103. The molecule has 0 aromatic heterocycles. The van der Waals surface area contributed by atoms with Gasteiger partial charge < -0.3 is 5.11 Å². The van der Waals surface area contributed by atoms with Gasteiger partial charge in [0.1, 0.15) is 5.75 Å². The van der Waals surface area contributed by atoms with E-state index in [-0.39, 0.29) is 11.5 Å². The number of aromatic hydroxyl groups is 1. The van der Waals surface area contributed by atoms with E-state index in [4.69, 9.17) is 11.6 Å². The summed E-state index contributed by atoms with van der Waals surface area (Å²) < 4.78 is 0.700. The van der Waals surface area contributed by atoms with Crippen molar-refractivity contribution in [2.24, 2.45) is 0 Å². The summed E-state index contributed by atoms with van der Waals surface area (Å²) in [6.07, 6.45) is 0. The van der Waals surface area contributed by atoms with Gasteiger partial charge in [0.25, 0.3) is 0 Å². The van der Waals surface area contributed by atoms with Crippen LogP contribution in [-0.2, 0) is 0 Å². The molecule has 0 aliphatic rings. The Labute approximate surface area is 175 Å². The average molecular weight is 495 g/mol. The topological polar surface area (TPSA) is 37.3 Å². The lowest BCUT2D eigenvalue weighted by Gasteiger charge is -2.17. The molecule has 5 heteroatoms. The highest BCUT2D eigenvalue weighted by Gasteiger charge is 2.23. The molecule has 2 nitrogen and oxygen atoms in total. The van der Waals surface area contributed by atoms with Crippen LogP contribution in [0.2, 0.25) is 5.02 Å². The van der Waals surface area contributed by atoms with Gasteiger partial charge in [-0.25, -0.2) is 0 Å². The van der Waals surface area contributed by atoms with Crippen molar-refractivity contribution in [3.63, 3.8) is 0 Å². The van der Waals surface area contributed by atoms with Crippen LogP contribution in [0.25, 0.3) is 11.1 Å². The number of thioether (sulfide) groups is 1. The lowest BCUT2D eigenvalue weighted by atomic mass is 9.93. The normalized spacial score (nSPS) is 10.7. The maximum absolute atomic E-state index is 13.3. The Balaban J connectivity index is 2.29. The predicted molar refractivity (Wildman–Crippen MR) is 118 cm³/mol. The van der Waals surface area contributed by atoms with E-state index in [1.165, 1.54) is 0 Å². The van der Waals surface area contributed by atoms with Crippen molar-refractivity contribution in [3.05, 3.63) is 80.4 Å². The number of carbonyl (C=O) groups is 1. The van der Waals surface area contributed by atoms with E-state index in [2.05, 4.69) is 22.6 Å². The Morgan fingerprint density at radius 1 is 1.12 bits per heavy atom. The van der Waals surface area contributed by atoms with Crippen molar-refractivity contribution in [1.29, 1.82) is 0 Å². The highest BCUT2D eigenvalue weighted by atomic mass is 127. The Kier molecular flexibility index (Phi) is 6.27. The summed E-state index contributed by atoms with van der Waals surface area (Å²) in [5, 5.41) is 11.1. The molecule has 3 rings (SSSR count). The molecule has 0 saturated carbocycles. The molecule has 0 spiro atoms. The van der Waals surface area contributed by atoms with Crippen molar-refractivity contribution >= 4 is 51.7 Å². The van der Waals surface area contributed by atoms with Gasteiger partial charge in [-0.05, 0) is 57.7 Å². The first-order chi connectivity index (χ1) is 12.5. The minimum atomic E-state index is -0.0515. The molecule has 1 N–H and O–H groups in total. The fraction of sp³-hybridized carbons (Fsp3) is 0.0952. The summed E-state index contributed by atoms with van der Waals surface area (Å²) in [5.74, 6) is 0.926. The minimum Gasteiger partial charge on any atom is -0.507 e. The van der Waals surface area contributed by atoms with Crippen LogP contribution in [0.3, 0.4) is 0 Å². The summed E-state index contributed by atoms with van der Waals surface area (Å²) >= 11 is 9.68. The van der Waals surface area contributed by atoms with Crippen LogP contribution >= 0.6 is 46.0 Å². The number of rotatable bonds is 5. The van der Waals surface area contributed by atoms with E-state index in [1.54, 1.807) is 30.0 Å². The molecular formula is C21H16ClIO2S. The summed E-state index contributed by atoms with van der Waals surface area (Å²) in [4.78, 5) is 14.2. The predicted octanol–water partition coefficient (Wildman–Crippen LogP) is 6.66. The number of phenols is 1. The van der Waals surface area contributed by atoms with Crippen LogP contribution in [0, 0.1) is 3.57 Å². The van der Waals surface area contributed by atoms with Gasteiger partial charge in [-0.1, -0.05) is 61.0 Å². The Hall–Kier alpha value is -1.50. The molecule has 0 radical (unpaired) electrons. The van der Waals surface area contributed by atoms with Crippen molar-refractivity contribution in [2.45, 2.75) is 11.8 Å². The number of carbonyl (C=O) groups excluding carboxylic acids is 1. The summed E-state index contributed by atoms with van der Waals surface area (Å²) in [6.45, 7) is 2.03. The zero-order valence-electron chi connectivity index (χ0n) is 14.0. The van der Waals surface area contributed by atoms with Crippen molar-refractivity contribution in [3.8, 4) is 16.9 Å². The van der Waals surface area contributed by atoms with Gasteiger partial charge in [0, 0.05) is 21.0 Å². The second-order valence-corrected chi connectivity index (χ2v) is 8.39. The van der Waals surface area contributed by atoms with Gasteiger partial charge in [-0.2, -0.15) is 0 Å². The second-order valence-electron chi connectivity index (χ2n) is 5.60. The van der Waals surface area contributed by atoms with Gasteiger partial charge in [0.05, 0.1) is 3.57 Å². The number of halogens is 2. The maximum atomic E-state index is 13.3. The van der Waals surface area contributed by atoms with Crippen LogP contribution in [0.5, 0.6) is 5.75 Å². The van der Waals surface area contributed by atoms with Crippen LogP contribution < -0.4 is 0 Å². The van der Waals surface area contributed by atoms with E-state index in [1.807, 2.05) is 49.4 Å². The van der Waals surface area contributed by atoms with Gasteiger partial charge in [-0.15, -0.1) is 11.8 Å². The molecule has 0 fully saturated rings. The third kappa shape index (κ3) is 3.92. The minimum absolute atomic E-state index is 0.0515. The van der Waals surface area contributed by atoms with E-state index in [9.17, 15) is 9.90 Å². The van der Waals surface area contributed by atoms with Crippen LogP contribution in [0.4, 0.5) is 0 Å². The fourth-order valence-corrected chi connectivity index (χ4v) is 4.60. The molecule has 0 aliphatic heterocycles. The highest BCUT2D eigenvalue weighted by molar-refractivity contribution is 14.1. The fourth-order valence-electron chi connectivity index (χ4n) is 2.72. The van der Waals surface area contributed by atoms with E-state index in [0.717, 1.165) is 16.2 Å². The van der Waals surface area contributed by atoms with Crippen LogP contribution in [0.15, 0.2) is 65.6 Å². The average Bonchev–Trinajstić information content (AvgIpc) is 2.66. The van der Waals surface area contributed by atoms with E-state index < -0.39 is 0 Å². The molecule has 0 saturated heterocycles. The van der Waals surface area contributed by atoms with Gasteiger partial charge in [0.15, 0.2) is 5.78 Å². The number of hydrogen-bond donors (Lipinski definition) is 1. The number of hydrogen-bond acceptors (Lipinski definition) is 3. The zero-order chi connectivity index (χ0) is 18.7. The molecule has 0 heterocycles. The maximum Gasteiger partial charge on any atom is 0.194 e. The summed E-state index contributed by atoms with van der Waals surface area (Å²) in [7, 11) is 0. The highest BCUT2D eigenvalue weighted by Crippen LogP contribution is 2.41. The molecule has 3 aromatic rings. The van der Waals surface area contributed by atoms with Crippen molar-refractivity contribution in [1.82, 2.24) is 0 Å². The molecule has 0 amide bonds. The van der Waals surface area contributed by atoms with Crippen molar-refractivity contribution < 1.29 is 9.90 Å². The number of benzene rings is 3. The van der Waals surface area contributed by atoms with Crippen LogP contribution in [-0.4, -0.2) is 16.6 Å². The quantitative estimate of drug-likeness (QED) is 0.245. The molecule has 0 unspecified atom stereocenters. The third-order valence-corrected chi connectivity index (χ3v) is 6.60. The first-order valence-electron chi connectivity index (χ1n) is 8.07. The number of ketones is 1. The number of phenolic OH excluding ortho intramolecular Hbond substituents is 1. The van der Waals surface area contributed by atoms with E-state index >= 15 is 0 Å². The lowest BCUT2D eigenvalue weighted by Crippen LogP contribution is -2.07. The molecule has 0 atom stereocenters. The molecule has 0 bridgehead atoms. The first-order valence-corrected chi connectivity index (χ1v) is 10.5. The Bertz CT molecular complexity index is 940. The smallest absolute Gasteiger partial charge is 0.194 e. The Morgan fingerprint density at radius 2 is 1.77 bits per heavy atom. The summed E-state index contributed by atoms with van der Waals surface area (Å²) in [5.41, 5.74) is 2.80. The summed E-state index contributed by atoms with van der Waals surface area (Å²) in [6, 6.07) is 18.2. The van der Waals surface area contributed by atoms with Gasteiger partial charge in [0.2, 0.25) is 0 Å². The van der Waals surface area contributed by atoms with Gasteiger partial charge >= 0.3 is 0 Å². The van der Waals surface area contributed by atoms with Crippen LogP contribution in [0.1, 0.15) is 22.8 Å².